The summed E-state index contributed by atoms with van der Waals surface area (Å²) >= 11 is 0. The van der Waals surface area contributed by atoms with Gasteiger partial charge in [-0.1, -0.05) is 12.1 Å². The van der Waals surface area contributed by atoms with Crippen LogP contribution < -0.4 is 4.74 Å². The first-order chi connectivity index (χ1) is 18.5. The fourth-order valence-corrected chi connectivity index (χ4v) is 4.94. The molecular weight excluding hydrogens is 481 g/mol. The number of methoxy groups -OCH3 is 1. The molecule has 8 heteroatoms. The molecule has 4 aromatic rings. The molecule has 0 saturated carbocycles. The van der Waals surface area contributed by atoms with E-state index in [1.807, 2.05) is 41.4 Å². The minimum absolute atomic E-state index is 0.0171. The van der Waals surface area contributed by atoms with E-state index in [1.165, 1.54) is 17.7 Å². The van der Waals surface area contributed by atoms with Crippen LogP contribution in [-0.4, -0.2) is 50.8 Å². The molecule has 1 aliphatic rings. The van der Waals surface area contributed by atoms with Crippen LogP contribution in [0.4, 0.5) is 4.39 Å². The van der Waals surface area contributed by atoms with E-state index in [1.54, 1.807) is 23.9 Å². The summed E-state index contributed by atoms with van der Waals surface area (Å²) in [5.41, 5.74) is 3.85. The fourth-order valence-electron chi connectivity index (χ4n) is 4.94. The molecule has 3 heterocycles. The molecule has 1 aliphatic heterocycles. The van der Waals surface area contributed by atoms with Gasteiger partial charge in [0.1, 0.15) is 18.1 Å². The standard InChI is InChI=1S/C30H32FN5O2/c1-21-12-15-32-26(18-21)11-6-22-13-16-35(17-14-22)28(37)20-36-30(24-4-3-5-27(19-24)38-2)33-29(34-36)23-7-9-25(31)10-8-23/h3-5,7-10,12,15,18-19,22H,6,11,13-14,16-17,20H2,1-2H3. The summed E-state index contributed by atoms with van der Waals surface area (Å²) in [5.74, 6) is 1.98. The maximum atomic E-state index is 13.5. The van der Waals surface area contributed by atoms with E-state index >= 15 is 0 Å². The van der Waals surface area contributed by atoms with Crippen LogP contribution in [-0.2, 0) is 17.8 Å². The molecule has 196 valence electrons. The highest BCUT2D eigenvalue weighted by Crippen LogP contribution is 2.27. The molecule has 0 atom stereocenters. The summed E-state index contributed by atoms with van der Waals surface area (Å²) < 4.78 is 20.5. The van der Waals surface area contributed by atoms with Gasteiger partial charge in [-0.25, -0.2) is 14.1 Å². The van der Waals surface area contributed by atoms with Crippen molar-refractivity contribution in [3.05, 3.63) is 83.9 Å². The van der Waals surface area contributed by atoms with Gasteiger partial charge in [0.2, 0.25) is 5.91 Å². The first-order valence-electron chi connectivity index (χ1n) is 13.0. The maximum absolute atomic E-state index is 13.5. The van der Waals surface area contributed by atoms with Crippen LogP contribution in [0.5, 0.6) is 5.75 Å². The van der Waals surface area contributed by atoms with Gasteiger partial charge in [0.05, 0.1) is 7.11 Å². The number of aryl methyl sites for hydroxylation is 2. The smallest absolute Gasteiger partial charge is 0.244 e. The first kappa shape index (κ1) is 25.6. The Bertz CT molecular complexity index is 1390. The summed E-state index contributed by atoms with van der Waals surface area (Å²) in [5, 5.41) is 4.65. The van der Waals surface area contributed by atoms with E-state index in [-0.39, 0.29) is 18.3 Å². The molecule has 0 N–H and O–H groups in total. The number of pyridine rings is 1. The number of likely N-dealkylation sites (tertiary alicyclic amines) is 1. The van der Waals surface area contributed by atoms with Crippen LogP contribution in [0.15, 0.2) is 66.9 Å². The Kier molecular flexibility index (Phi) is 7.77. The van der Waals surface area contributed by atoms with Crippen molar-refractivity contribution in [2.75, 3.05) is 20.2 Å². The number of rotatable bonds is 8. The molecule has 2 aromatic heterocycles. The van der Waals surface area contributed by atoms with Crippen molar-refractivity contribution < 1.29 is 13.9 Å². The highest BCUT2D eigenvalue weighted by molar-refractivity contribution is 5.77. The third kappa shape index (κ3) is 6.07. The van der Waals surface area contributed by atoms with Crippen LogP contribution in [0, 0.1) is 18.7 Å². The summed E-state index contributed by atoms with van der Waals surface area (Å²) in [7, 11) is 1.61. The molecular formula is C30H32FN5O2. The van der Waals surface area contributed by atoms with Crippen LogP contribution in [0.3, 0.4) is 0 Å². The van der Waals surface area contributed by atoms with Crippen LogP contribution in [0.25, 0.3) is 22.8 Å². The summed E-state index contributed by atoms with van der Waals surface area (Å²) in [6, 6.07) is 17.7. The van der Waals surface area contributed by atoms with Crippen LogP contribution in [0.1, 0.15) is 30.5 Å². The van der Waals surface area contributed by atoms with Crippen LogP contribution in [0.2, 0.25) is 0 Å². The van der Waals surface area contributed by atoms with E-state index in [2.05, 4.69) is 23.1 Å². The van der Waals surface area contributed by atoms with Gasteiger partial charge in [-0.3, -0.25) is 9.78 Å². The fraction of sp³-hybridized carbons (Fsp3) is 0.333. The average molecular weight is 514 g/mol. The zero-order valence-electron chi connectivity index (χ0n) is 21.8. The van der Waals surface area contributed by atoms with Gasteiger partial charge in [-0.15, -0.1) is 5.10 Å². The number of amides is 1. The SMILES string of the molecule is COc1cccc(-c2nc(-c3ccc(F)cc3)nn2CC(=O)N2CCC(CCc3cc(C)ccn3)CC2)c1. The molecule has 0 unspecified atom stereocenters. The lowest BCUT2D eigenvalue weighted by molar-refractivity contribution is -0.133. The Morgan fingerprint density at radius 1 is 1.05 bits per heavy atom. The van der Waals surface area contributed by atoms with E-state index < -0.39 is 0 Å². The van der Waals surface area contributed by atoms with Crippen molar-refractivity contribution in [3.8, 4) is 28.5 Å². The number of carbonyl (C=O) groups excluding carboxylic acids is 1. The van der Waals surface area contributed by atoms with Crippen LogP contribution >= 0.6 is 0 Å². The Hall–Kier alpha value is -4.07. The van der Waals surface area contributed by atoms with Crippen molar-refractivity contribution in [3.63, 3.8) is 0 Å². The molecule has 7 nitrogen and oxygen atoms in total. The number of hydrogen-bond acceptors (Lipinski definition) is 5. The normalized spacial score (nSPS) is 14.0. The van der Waals surface area contributed by atoms with E-state index in [0.29, 0.717) is 28.9 Å². The molecule has 0 spiro atoms. The Morgan fingerprint density at radius 2 is 1.84 bits per heavy atom. The summed E-state index contributed by atoms with van der Waals surface area (Å²) in [6.07, 6.45) is 5.90. The van der Waals surface area contributed by atoms with E-state index in [4.69, 9.17) is 9.72 Å². The summed E-state index contributed by atoms with van der Waals surface area (Å²) in [4.78, 5) is 24.5. The van der Waals surface area contributed by atoms with Gasteiger partial charge in [0, 0.05) is 36.1 Å². The van der Waals surface area contributed by atoms with Gasteiger partial charge in [-0.2, -0.15) is 0 Å². The molecule has 2 aromatic carbocycles. The lowest BCUT2D eigenvalue weighted by atomic mass is 9.91. The van der Waals surface area contributed by atoms with Gasteiger partial charge in [-0.05, 0) is 92.6 Å². The molecule has 5 rings (SSSR count). The predicted molar refractivity (Wildman–Crippen MR) is 144 cm³/mol. The molecule has 1 saturated heterocycles. The molecule has 0 radical (unpaired) electrons. The van der Waals surface area contributed by atoms with E-state index in [9.17, 15) is 9.18 Å². The first-order valence-corrected chi connectivity index (χ1v) is 13.0. The van der Waals surface area contributed by atoms with Crippen molar-refractivity contribution in [2.45, 2.75) is 39.2 Å². The molecule has 38 heavy (non-hydrogen) atoms. The second-order valence-corrected chi connectivity index (χ2v) is 9.84. The third-order valence-electron chi connectivity index (χ3n) is 7.14. The number of piperidine rings is 1. The van der Waals surface area contributed by atoms with Crippen molar-refractivity contribution in [1.82, 2.24) is 24.6 Å². The Labute approximate surface area is 222 Å². The number of nitrogens with zero attached hydrogens (tertiary/aromatic N) is 5. The monoisotopic (exact) mass is 513 g/mol. The Balaban J connectivity index is 1.28. The quantitative estimate of drug-likeness (QED) is 0.318. The second kappa shape index (κ2) is 11.5. The second-order valence-electron chi connectivity index (χ2n) is 9.84. The minimum Gasteiger partial charge on any atom is -0.497 e. The van der Waals surface area contributed by atoms with Gasteiger partial charge < -0.3 is 9.64 Å². The minimum atomic E-state index is -0.324. The number of hydrogen-bond donors (Lipinski definition) is 0. The Morgan fingerprint density at radius 3 is 2.58 bits per heavy atom. The molecule has 1 amide bonds. The third-order valence-corrected chi connectivity index (χ3v) is 7.14. The van der Waals surface area contributed by atoms with Crippen molar-refractivity contribution in [1.29, 1.82) is 0 Å². The predicted octanol–water partition coefficient (Wildman–Crippen LogP) is 5.33. The lowest BCUT2D eigenvalue weighted by Gasteiger charge is -2.32. The lowest BCUT2D eigenvalue weighted by Crippen LogP contribution is -2.40. The molecule has 0 bridgehead atoms. The highest BCUT2D eigenvalue weighted by atomic mass is 19.1. The van der Waals surface area contributed by atoms with Crippen molar-refractivity contribution >= 4 is 5.91 Å². The molecule has 1 fully saturated rings. The topological polar surface area (TPSA) is 73.1 Å². The number of carbonyl (C=O) groups is 1. The average Bonchev–Trinajstić information content (AvgIpc) is 3.36. The number of aromatic nitrogens is 4. The zero-order valence-corrected chi connectivity index (χ0v) is 21.8. The molecule has 0 aliphatic carbocycles. The van der Waals surface area contributed by atoms with Gasteiger partial charge >= 0.3 is 0 Å². The van der Waals surface area contributed by atoms with Gasteiger partial charge in [0.25, 0.3) is 0 Å². The van der Waals surface area contributed by atoms with Gasteiger partial charge in [0.15, 0.2) is 11.6 Å². The van der Waals surface area contributed by atoms with Crippen molar-refractivity contribution in [2.24, 2.45) is 5.92 Å². The highest BCUT2D eigenvalue weighted by Gasteiger charge is 2.25. The largest absolute Gasteiger partial charge is 0.497 e. The number of halogens is 1. The maximum Gasteiger partial charge on any atom is 0.244 e. The number of ether oxygens (including phenoxy) is 1. The summed E-state index contributed by atoms with van der Waals surface area (Å²) in [6.45, 7) is 3.64. The van der Waals surface area contributed by atoms with E-state index in [0.717, 1.165) is 50.0 Å². The number of benzene rings is 2. The zero-order chi connectivity index (χ0) is 26.5.